The van der Waals surface area contributed by atoms with Crippen molar-refractivity contribution >= 4 is 15.9 Å². The highest BCUT2D eigenvalue weighted by atomic mass is 32.2. The van der Waals surface area contributed by atoms with E-state index >= 15 is 0 Å². The van der Waals surface area contributed by atoms with Gasteiger partial charge in [-0.15, -0.1) is 0 Å². The van der Waals surface area contributed by atoms with Gasteiger partial charge in [0.15, 0.2) is 0 Å². The Hall–Kier alpha value is -2.39. The zero-order valence-corrected chi connectivity index (χ0v) is 14.6. The van der Waals surface area contributed by atoms with Crippen LogP contribution in [0.3, 0.4) is 0 Å². The summed E-state index contributed by atoms with van der Waals surface area (Å²) in [4.78, 5) is 12.1. The monoisotopic (exact) mass is 386 g/mol. The predicted molar refractivity (Wildman–Crippen MR) is 89.9 cm³/mol. The molecule has 1 amide bonds. The van der Waals surface area contributed by atoms with Crippen LogP contribution in [0.25, 0.3) is 0 Å². The standard InChI is InChI=1S/C17H17F3N2O3S/c1-2-22-26(24,25)15-9-5-13(6-10-15)16(23)21-11-12-3-7-14(8-4-12)17(18,19)20/h3-10,22H,2,11H2,1H3,(H,21,23). The van der Waals surface area contributed by atoms with Crippen molar-refractivity contribution in [3.63, 3.8) is 0 Å². The van der Waals surface area contributed by atoms with Gasteiger partial charge in [-0.1, -0.05) is 19.1 Å². The van der Waals surface area contributed by atoms with Gasteiger partial charge in [-0.25, -0.2) is 13.1 Å². The van der Waals surface area contributed by atoms with Crippen molar-refractivity contribution in [2.75, 3.05) is 6.54 Å². The van der Waals surface area contributed by atoms with Gasteiger partial charge in [0.05, 0.1) is 10.5 Å². The molecule has 0 bridgehead atoms. The molecule has 140 valence electrons. The van der Waals surface area contributed by atoms with Gasteiger partial charge < -0.3 is 5.32 Å². The number of sulfonamides is 1. The van der Waals surface area contributed by atoms with Crippen molar-refractivity contribution < 1.29 is 26.4 Å². The molecule has 0 fully saturated rings. The second-order valence-electron chi connectivity index (χ2n) is 5.40. The molecule has 0 saturated carbocycles. The van der Waals surface area contributed by atoms with E-state index in [1.165, 1.54) is 36.4 Å². The molecule has 2 aromatic rings. The number of amides is 1. The summed E-state index contributed by atoms with van der Waals surface area (Å²) in [6, 6.07) is 9.82. The summed E-state index contributed by atoms with van der Waals surface area (Å²) in [5.74, 6) is -0.461. The zero-order chi connectivity index (χ0) is 19.4. The maximum absolute atomic E-state index is 12.5. The first-order valence-electron chi connectivity index (χ1n) is 7.67. The summed E-state index contributed by atoms with van der Waals surface area (Å²) in [7, 11) is -3.60. The number of carbonyl (C=O) groups excluding carboxylic acids is 1. The summed E-state index contributed by atoms with van der Waals surface area (Å²) in [5.41, 5.74) is -0.00452. The van der Waals surface area contributed by atoms with E-state index in [1.807, 2.05) is 0 Å². The Labute approximate surface area is 149 Å². The van der Waals surface area contributed by atoms with Crippen molar-refractivity contribution in [1.29, 1.82) is 0 Å². The number of halogens is 3. The number of nitrogens with one attached hydrogen (secondary N) is 2. The molecule has 0 aromatic heterocycles. The lowest BCUT2D eigenvalue weighted by Crippen LogP contribution is -2.24. The molecule has 0 unspecified atom stereocenters. The molecule has 0 radical (unpaired) electrons. The molecule has 0 heterocycles. The highest BCUT2D eigenvalue weighted by molar-refractivity contribution is 7.89. The van der Waals surface area contributed by atoms with Crippen molar-refractivity contribution in [3.8, 4) is 0 Å². The van der Waals surface area contributed by atoms with Gasteiger partial charge in [0, 0.05) is 18.7 Å². The van der Waals surface area contributed by atoms with Gasteiger partial charge in [0.1, 0.15) is 0 Å². The third-order valence-corrected chi connectivity index (χ3v) is 5.06. The molecule has 0 atom stereocenters. The van der Waals surface area contributed by atoms with Crippen LogP contribution in [0.1, 0.15) is 28.4 Å². The van der Waals surface area contributed by atoms with E-state index in [0.717, 1.165) is 12.1 Å². The molecular weight excluding hydrogens is 369 g/mol. The molecule has 0 spiro atoms. The number of rotatable bonds is 6. The third-order valence-electron chi connectivity index (χ3n) is 3.50. The van der Waals surface area contributed by atoms with Gasteiger partial charge in [-0.3, -0.25) is 4.79 Å². The van der Waals surface area contributed by atoms with Crippen molar-refractivity contribution in [3.05, 3.63) is 65.2 Å². The number of carbonyl (C=O) groups is 1. The van der Waals surface area contributed by atoms with E-state index < -0.39 is 27.7 Å². The van der Waals surface area contributed by atoms with E-state index in [1.54, 1.807) is 6.92 Å². The highest BCUT2D eigenvalue weighted by Gasteiger charge is 2.29. The minimum Gasteiger partial charge on any atom is -0.348 e. The Morgan fingerprint density at radius 1 is 1.00 bits per heavy atom. The number of hydrogen-bond donors (Lipinski definition) is 2. The Morgan fingerprint density at radius 2 is 1.58 bits per heavy atom. The lowest BCUT2D eigenvalue weighted by Gasteiger charge is -2.09. The number of benzene rings is 2. The van der Waals surface area contributed by atoms with Crippen LogP contribution in [-0.4, -0.2) is 20.9 Å². The first-order valence-corrected chi connectivity index (χ1v) is 9.16. The molecule has 5 nitrogen and oxygen atoms in total. The van der Waals surface area contributed by atoms with E-state index in [2.05, 4.69) is 10.0 Å². The lowest BCUT2D eigenvalue weighted by molar-refractivity contribution is -0.137. The van der Waals surface area contributed by atoms with E-state index in [4.69, 9.17) is 0 Å². The fraction of sp³-hybridized carbons (Fsp3) is 0.235. The second kappa shape index (κ2) is 7.88. The quantitative estimate of drug-likeness (QED) is 0.802. The Kier molecular flexibility index (Phi) is 6.04. The van der Waals surface area contributed by atoms with Crippen molar-refractivity contribution in [2.24, 2.45) is 0 Å². The van der Waals surface area contributed by atoms with Crippen LogP contribution in [0, 0.1) is 0 Å². The molecule has 2 rings (SSSR count). The van der Waals surface area contributed by atoms with Crippen molar-refractivity contribution in [1.82, 2.24) is 10.0 Å². The molecule has 0 aliphatic rings. The molecule has 9 heteroatoms. The van der Waals surface area contributed by atoms with E-state index in [-0.39, 0.29) is 23.5 Å². The minimum absolute atomic E-state index is 0.0404. The molecule has 0 saturated heterocycles. The van der Waals surface area contributed by atoms with E-state index in [9.17, 15) is 26.4 Å². The SMILES string of the molecule is CCNS(=O)(=O)c1ccc(C(=O)NCc2ccc(C(F)(F)F)cc2)cc1. The smallest absolute Gasteiger partial charge is 0.348 e. The maximum Gasteiger partial charge on any atom is 0.416 e. The number of alkyl halides is 3. The minimum atomic E-state index is -4.41. The van der Waals surface area contributed by atoms with Gasteiger partial charge in [0.25, 0.3) is 5.91 Å². The summed E-state index contributed by atoms with van der Waals surface area (Å²) in [6.45, 7) is 1.95. The van der Waals surface area contributed by atoms with Gasteiger partial charge >= 0.3 is 6.18 Å². The number of hydrogen-bond acceptors (Lipinski definition) is 3. The maximum atomic E-state index is 12.5. The fourth-order valence-electron chi connectivity index (χ4n) is 2.15. The normalized spacial score (nSPS) is 12.0. The molecule has 0 aliphatic heterocycles. The van der Waals surface area contributed by atoms with Crippen molar-refractivity contribution in [2.45, 2.75) is 24.5 Å². The molecule has 2 N–H and O–H groups in total. The summed E-state index contributed by atoms with van der Waals surface area (Å²) in [6.07, 6.45) is -4.41. The first-order chi connectivity index (χ1) is 12.1. The average molecular weight is 386 g/mol. The molecule has 26 heavy (non-hydrogen) atoms. The van der Waals surface area contributed by atoms with E-state index in [0.29, 0.717) is 5.56 Å². The first kappa shape index (κ1) is 19.9. The molecular formula is C17H17F3N2O3S. The van der Waals surface area contributed by atoms with Crippen LogP contribution in [0.15, 0.2) is 53.4 Å². The largest absolute Gasteiger partial charge is 0.416 e. The Bertz CT molecular complexity index is 862. The zero-order valence-electron chi connectivity index (χ0n) is 13.8. The van der Waals surface area contributed by atoms with Crippen LogP contribution >= 0.6 is 0 Å². The third kappa shape index (κ3) is 5.06. The lowest BCUT2D eigenvalue weighted by atomic mass is 10.1. The topological polar surface area (TPSA) is 75.3 Å². The Morgan fingerprint density at radius 3 is 2.08 bits per heavy atom. The molecule has 0 aliphatic carbocycles. The predicted octanol–water partition coefficient (Wildman–Crippen LogP) is 2.93. The fourth-order valence-corrected chi connectivity index (χ4v) is 3.20. The average Bonchev–Trinajstić information content (AvgIpc) is 2.59. The van der Waals surface area contributed by atoms with Crippen LogP contribution in [0.4, 0.5) is 13.2 Å². The van der Waals surface area contributed by atoms with Crippen LogP contribution in [0.5, 0.6) is 0 Å². The highest BCUT2D eigenvalue weighted by Crippen LogP contribution is 2.29. The van der Waals surface area contributed by atoms with Gasteiger partial charge in [-0.05, 0) is 42.0 Å². The molecule has 2 aromatic carbocycles. The van der Waals surface area contributed by atoms with Crippen LogP contribution in [-0.2, 0) is 22.7 Å². The summed E-state index contributed by atoms with van der Waals surface area (Å²) >= 11 is 0. The second-order valence-corrected chi connectivity index (χ2v) is 7.17. The summed E-state index contributed by atoms with van der Waals surface area (Å²) < 4.78 is 63.5. The summed E-state index contributed by atoms with van der Waals surface area (Å²) in [5, 5.41) is 2.57. The Balaban J connectivity index is 2.00. The van der Waals surface area contributed by atoms with Gasteiger partial charge in [-0.2, -0.15) is 13.2 Å². The van der Waals surface area contributed by atoms with Crippen LogP contribution < -0.4 is 10.0 Å². The van der Waals surface area contributed by atoms with Crippen LogP contribution in [0.2, 0.25) is 0 Å². The van der Waals surface area contributed by atoms with Gasteiger partial charge in [0.2, 0.25) is 10.0 Å².